The van der Waals surface area contributed by atoms with Gasteiger partial charge in [0, 0.05) is 43.3 Å². The number of aryl methyl sites for hydroxylation is 2. The molecule has 3 N–H and O–H groups in total. The van der Waals surface area contributed by atoms with Crippen LogP contribution >= 0.6 is 0 Å². The third kappa shape index (κ3) is 4.33. The van der Waals surface area contributed by atoms with Gasteiger partial charge in [0.1, 0.15) is 0 Å². The summed E-state index contributed by atoms with van der Waals surface area (Å²) in [6.45, 7) is 5.88. The van der Waals surface area contributed by atoms with Gasteiger partial charge in [-0.15, -0.1) is 0 Å². The van der Waals surface area contributed by atoms with Crippen LogP contribution in [0.15, 0.2) is 55.1 Å². The van der Waals surface area contributed by atoms with Crippen LogP contribution in [0.3, 0.4) is 0 Å². The third-order valence-corrected chi connectivity index (χ3v) is 5.48. The Morgan fingerprint density at radius 3 is 2.47 bits per heavy atom. The highest BCUT2D eigenvalue weighted by Gasteiger charge is 2.23. The molecule has 3 heterocycles. The molecule has 0 bridgehead atoms. The summed E-state index contributed by atoms with van der Waals surface area (Å²) in [6.07, 6.45) is 8.68. The Bertz CT molecular complexity index is 1020. The molecular formula is C24H27N5O. The van der Waals surface area contributed by atoms with E-state index in [9.17, 15) is 4.79 Å². The fraction of sp³-hybridized carbons (Fsp3) is 0.292. The van der Waals surface area contributed by atoms with E-state index < -0.39 is 0 Å². The molecule has 1 aliphatic heterocycles. The molecule has 0 radical (unpaired) electrons. The molecule has 0 aliphatic carbocycles. The SMILES string of the molecule is Cc1cc(C)cc(-c2cncc(NC(=O)c3cccnc3)c2N2CCC(N)CC2)c1. The standard InChI is InChI=1S/C24H27N5O/c1-16-10-17(2)12-19(11-16)21-14-27-15-22(23(21)29-8-5-20(25)6-9-29)28-24(30)18-4-3-7-26-13-18/h3-4,7,10-15,20H,5-6,8-9,25H2,1-2H3,(H,28,30). The Morgan fingerprint density at radius 1 is 1.07 bits per heavy atom. The van der Waals surface area contributed by atoms with E-state index in [0.717, 1.165) is 42.7 Å². The van der Waals surface area contributed by atoms with Crippen molar-refractivity contribution in [3.63, 3.8) is 0 Å². The topological polar surface area (TPSA) is 84.1 Å². The minimum Gasteiger partial charge on any atom is -0.369 e. The van der Waals surface area contributed by atoms with E-state index in [-0.39, 0.29) is 11.9 Å². The van der Waals surface area contributed by atoms with Gasteiger partial charge in [-0.1, -0.05) is 29.3 Å². The van der Waals surface area contributed by atoms with Crippen LogP contribution in [0.25, 0.3) is 11.1 Å². The lowest BCUT2D eigenvalue weighted by Crippen LogP contribution is -2.40. The van der Waals surface area contributed by atoms with Crippen molar-refractivity contribution in [2.45, 2.75) is 32.7 Å². The van der Waals surface area contributed by atoms with E-state index in [1.807, 2.05) is 6.20 Å². The molecular weight excluding hydrogens is 374 g/mol. The van der Waals surface area contributed by atoms with E-state index in [1.54, 1.807) is 30.7 Å². The molecule has 1 aliphatic rings. The minimum atomic E-state index is -0.197. The van der Waals surface area contributed by atoms with Gasteiger partial charge in [-0.25, -0.2) is 0 Å². The number of carbonyl (C=O) groups is 1. The zero-order valence-corrected chi connectivity index (χ0v) is 17.4. The summed E-state index contributed by atoms with van der Waals surface area (Å²) in [5.74, 6) is -0.197. The predicted molar refractivity (Wildman–Crippen MR) is 121 cm³/mol. The summed E-state index contributed by atoms with van der Waals surface area (Å²) in [6, 6.07) is 10.2. The van der Waals surface area contributed by atoms with Crippen LogP contribution in [0, 0.1) is 13.8 Å². The highest BCUT2D eigenvalue weighted by Crippen LogP contribution is 2.38. The van der Waals surface area contributed by atoms with Crippen LogP contribution in [-0.2, 0) is 0 Å². The number of anilines is 2. The molecule has 6 heteroatoms. The number of piperidine rings is 1. The first-order valence-electron chi connectivity index (χ1n) is 10.3. The minimum absolute atomic E-state index is 0.197. The van der Waals surface area contributed by atoms with Crippen LogP contribution in [-0.4, -0.2) is 35.0 Å². The number of benzene rings is 1. The van der Waals surface area contributed by atoms with Crippen molar-refractivity contribution in [3.05, 3.63) is 71.8 Å². The Morgan fingerprint density at radius 2 is 1.80 bits per heavy atom. The zero-order chi connectivity index (χ0) is 21.1. The van der Waals surface area contributed by atoms with Crippen molar-refractivity contribution in [3.8, 4) is 11.1 Å². The molecule has 1 amide bonds. The van der Waals surface area contributed by atoms with Crippen molar-refractivity contribution in [1.82, 2.24) is 9.97 Å². The van der Waals surface area contributed by atoms with E-state index in [1.165, 1.54) is 11.1 Å². The molecule has 2 aromatic heterocycles. The summed E-state index contributed by atoms with van der Waals surface area (Å²) in [5, 5.41) is 3.06. The van der Waals surface area contributed by atoms with Crippen LogP contribution < -0.4 is 16.0 Å². The lowest BCUT2D eigenvalue weighted by molar-refractivity contribution is 0.102. The van der Waals surface area contributed by atoms with Gasteiger partial charge >= 0.3 is 0 Å². The fourth-order valence-corrected chi connectivity index (χ4v) is 4.04. The molecule has 4 rings (SSSR count). The highest BCUT2D eigenvalue weighted by atomic mass is 16.1. The quantitative estimate of drug-likeness (QED) is 0.692. The molecule has 154 valence electrons. The smallest absolute Gasteiger partial charge is 0.257 e. The number of aromatic nitrogens is 2. The molecule has 0 atom stereocenters. The Labute approximate surface area is 177 Å². The lowest BCUT2D eigenvalue weighted by Gasteiger charge is -2.34. The summed E-state index contributed by atoms with van der Waals surface area (Å²) in [5.41, 5.74) is 12.9. The number of nitrogens with one attached hydrogen (secondary N) is 1. The molecule has 0 saturated carbocycles. The molecule has 0 spiro atoms. The number of nitrogens with zero attached hydrogens (tertiary/aromatic N) is 3. The van der Waals surface area contributed by atoms with Crippen molar-refractivity contribution < 1.29 is 4.79 Å². The number of rotatable bonds is 4. The normalized spacial score (nSPS) is 14.6. The second-order valence-electron chi connectivity index (χ2n) is 7.98. The van der Waals surface area contributed by atoms with E-state index in [4.69, 9.17) is 5.73 Å². The van der Waals surface area contributed by atoms with Crippen LogP contribution in [0.4, 0.5) is 11.4 Å². The molecule has 1 saturated heterocycles. The van der Waals surface area contributed by atoms with Gasteiger partial charge in [0.05, 0.1) is 23.1 Å². The van der Waals surface area contributed by atoms with E-state index in [0.29, 0.717) is 11.3 Å². The number of carbonyl (C=O) groups excluding carboxylic acids is 1. The number of pyridine rings is 2. The van der Waals surface area contributed by atoms with Crippen molar-refractivity contribution in [2.24, 2.45) is 5.73 Å². The number of hydrogen-bond acceptors (Lipinski definition) is 5. The summed E-state index contributed by atoms with van der Waals surface area (Å²) in [4.78, 5) is 23.7. The van der Waals surface area contributed by atoms with Crippen LogP contribution in [0.2, 0.25) is 0 Å². The largest absolute Gasteiger partial charge is 0.369 e. The maximum absolute atomic E-state index is 12.8. The molecule has 3 aromatic rings. The third-order valence-electron chi connectivity index (χ3n) is 5.48. The van der Waals surface area contributed by atoms with Crippen LogP contribution in [0.5, 0.6) is 0 Å². The summed E-state index contributed by atoms with van der Waals surface area (Å²) >= 11 is 0. The Hall–Kier alpha value is -3.25. The first-order chi connectivity index (χ1) is 14.5. The molecule has 1 aromatic carbocycles. The maximum Gasteiger partial charge on any atom is 0.257 e. The van der Waals surface area contributed by atoms with Crippen molar-refractivity contribution in [2.75, 3.05) is 23.3 Å². The summed E-state index contributed by atoms with van der Waals surface area (Å²) < 4.78 is 0. The van der Waals surface area contributed by atoms with Gasteiger partial charge in [0.25, 0.3) is 5.91 Å². The predicted octanol–water partition coefficient (Wildman–Crippen LogP) is 3.94. The highest BCUT2D eigenvalue weighted by molar-refractivity contribution is 6.07. The molecule has 30 heavy (non-hydrogen) atoms. The molecule has 6 nitrogen and oxygen atoms in total. The maximum atomic E-state index is 12.8. The van der Waals surface area contributed by atoms with Crippen LogP contribution in [0.1, 0.15) is 34.3 Å². The van der Waals surface area contributed by atoms with Gasteiger partial charge < -0.3 is 16.0 Å². The van der Waals surface area contributed by atoms with Gasteiger partial charge in [-0.05, 0) is 44.4 Å². The van der Waals surface area contributed by atoms with E-state index in [2.05, 4.69) is 52.2 Å². The Balaban J connectivity index is 1.78. The lowest BCUT2D eigenvalue weighted by atomic mass is 9.98. The van der Waals surface area contributed by atoms with Gasteiger partial charge in [0.2, 0.25) is 0 Å². The number of amides is 1. The van der Waals surface area contributed by atoms with Crippen molar-refractivity contribution in [1.29, 1.82) is 0 Å². The first-order valence-corrected chi connectivity index (χ1v) is 10.3. The average Bonchev–Trinajstić information content (AvgIpc) is 2.74. The number of hydrogen-bond donors (Lipinski definition) is 2. The molecule has 0 unspecified atom stereocenters. The monoisotopic (exact) mass is 401 g/mol. The van der Waals surface area contributed by atoms with E-state index >= 15 is 0 Å². The molecule has 1 fully saturated rings. The van der Waals surface area contributed by atoms with Gasteiger partial charge in [-0.3, -0.25) is 14.8 Å². The fourth-order valence-electron chi connectivity index (χ4n) is 4.04. The van der Waals surface area contributed by atoms with Gasteiger partial charge in [-0.2, -0.15) is 0 Å². The zero-order valence-electron chi connectivity index (χ0n) is 17.4. The van der Waals surface area contributed by atoms with Gasteiger partial charge in [0.15, 0.2) is 0 Å². The summed E-state index contributed by atoms with van der Waals surface area (Å²) in [7, 11) is 0. The second-order valence-corrected chi connectivity index (χ2v) is 7.98. The second kappa shape index (κ2) is 8.63. The first kappa shape index (κ1) is 20.0. The number of nitrogens with two attached hydrogens (primary N) is 1. The Kier molecular flexibility index (Phi) is 5.77. The average molecular weight is 402 g/mol. The van der Waals surface area contributed by atoms with Crippen molar-refractivity contribution >= 4 is 17.3 Å².